The number of carbonyl (C=O) groups is 1. The van der Waals surface area contributed by atoms with Crippen molar-refractivity contribution in [2.45, 2.75) is 30.2 Å². The highest BCUT2D eigenvalue weighted by Gasteiger charge is 2.37. The van der Waals surface area contributed by atoms with Crippen LogP contribution in [-0.2, 0) is 10.0 Å². The van der Waals surface area contributed by atoms with Gasteiger partial charge in [0.25, 0.3) is 0 Å². The van der Waals surface area contributed by atoms with Crippen molar-refractivity contribution in [2.75, 3.05) is 6.54 Å². The molecule has 120 valence electrons. The SMILES string of the molecule is O=C(c1ccccc1)[C@@H]1CCCCN1S(=O)(=O)c1ccccc1. The summed E-state index contributed by atoms with van der Waals surface area (Å²) in [5, 5.41) is 0. The fraction of sp³-hybridized carbons (Fsp3) is 0.278. The number of hydrogen-bond donors (Lipinski definition) is 0. The molecule has 3 rings (SSSR count). The number of piperidine rings is 1. The van der Waals surface area contributed by atoms with Crippen molar-refractivity contribution in [3.05, 3.63) is 66.2 Å². The fourth-order valence-electron chi connectivity index (χ4n) is 2.98. The Labute approximate surface area is 136 Å². The predicted octanol–water partition coefficient (Wildman–Crippen LogP) is 3.11. The van der Waals surface area contributed by atoms with E-state index in [1.54, 1.807) is 54.6 Å². The topological polar surface area (TPSA) is 54.5 Å². The number of rotatable bonds is 4. The maximum Gasteiger partial charge on any atom is 0.243 e. The van der Waals surface area contributed by atoms with Gasteiger partial charge >= 0.3 is 0 Å². The molecule has 0 aliphatic carbocycles. The Hall–Kier alpha value is -1.98. The van der Waals surface area contributed by atoms with E-state index in [9.17, 15) is 13.2 Å². The summed E-state index contributed by atoms with van der Waals surface area (Å²) in [6.45, 7) is 0.389. The Bertz CT molecular complexity index is 772. The van der Waals surface area contributed by atoms with E-state index < -0.39 is 16.1 Å². The zero-order chi connectivity index (χ0) is 16.3. The number of Topliss-reactive ketones (excluding diaryl/α,β-unsaturated/α-hetero) is 1. The Morgan fingerprint density at radius 2 is 1.52 bits per heavy atom. The van der Waals surface area contributed by atoms with Gasteiger partial charge in [0.05, 0.1) is 10.9 Å². The molecule has 0 radical (unpaired) electrons. The number of nitrogens with zero attached hydrogens (tertiary/aromatic N) is 1. The summed E-state index contributed by atoms with van der Waals surface area (Å²) in [6, 6.07) is 16.6. The van der Waals surface area contributed by atoms with Crippen molar-refractivity contribution in [3.63, 3.8) is 0 Å². The number of carbonyl (C=O) groups excluding carboxylic acids is 1. The van der Waals surface area contributed by atoms with Crippen LogP contribution in [0.5, 0.6) is 0 Å². The number of benzene rings is 2. The molecule has 0 saturated carbocycles. The van der Waals surface area contributed by atoms with Gasteiger partial charge in [0, 0.05) is 12.1 Å². The summed E-state index contributed by atoms with van der Waals surface area (Å²) in [5.74, 6) is -0.121. The zero-order valence-corrected chi connectivity index (χ0v) is 13.6. The van der Waals surface area contributed by atoms with Gasteiger partial charge in [0.1, 0.15) is 0 Å². The van der Waals surface area contributed by atoms with Gasteiger partial charge in [-0.1, -0.05) is 55.0 Å². The molecule has 1 aliphatic heterocycles. The van der Waals surface area contributed by atoms with Crippen LogP contribution in [-0.4, -0.2) is 31.1 Å². The molecule has 2 aromatic rings. The molecule has 0 bridgehead atoms. The van der Waals surface area contributed by atoms with E-state index in [0.29, 0.717) is 18.5 Å². The molecular formula is C18H19NO3S. The van der Waals surface area contributed by atoms with E-state index in [2.05, 4.69) is 0 Å². The first-order chi connectivity index (χ1) is 11.1. The molecule has 0 amide bonds. The summed E-state index contributed by atoms with van der Waals surface area (Å²) in [5.41, 5.74) is 0.563. The molecule has 1 fully saturated rings. The lowest BCUT2D eigenvalue weighted by Crippen LogP contribution is -2.47. The van der Waals surface area contributed by atoms with Crippen molar-refractivity contribution in [1.82, 2.24) is 4.31 Å². The van der Waals surface area contributed by atoms with Crippen LogP contribution in [0.15, 0.2) is 65.6 Å². The molecule has 4 nitrogen and oxygen atoms in total. The lowest BCUT2D eigenvalue weighted by molar-refractivity contribution is 0.0861. The number of hydrogen-bond acceptors (Lipinski definition) is 3. The van der Waals surface area contributed by atoms with E-state index in [1.165, 1.54) is 4.31 Å². The number of ketones is 1. The third-order valence-electron chi connectivity index (χ3n) is 4.16. The molecule has 5 heteroatoms. The minimum Gasteiger partial charge on any atom is -0.292 e. The highest BCUT2D eigenvalue weighted by molar-refractivity contribution is 7.89. The second-order valence-electron chi connectivity index (χ2n) is 5.67. The molecule has 0 aromatic heterocycles. The van der Waals surface area contributed by atoms with Gasteiger partial charge in [-0.25, -0.2) is 8.42 Å². The summed E-state index contributed by atoms with van der Waals surface area (Å²) in [4.78, 5) is 13.0. The normalized spacial score (nSPS) is 19.4. The van der Waals surface area contributed by atoms with E-state index in [1.807, 2.05) is 6.07 Å². The minimum atomic E-state index is -3.65. The monoisotopic (exact) mass is 329 g/mol. The number of sulfonamides is 1. The average Bonchev–Trinajstić information content (AvgIpc) is 2.62. The maximum absolute atomic E-state index is 12.9. The lowest BCUT2D eigenvalue weighted by atomic mass is 9.96. The molecule has 1 aliphatic rings. The quantitative estimate of drug-likeness (QED) is 0.810. The van der Waals surface area contributed by atoms with E-state index in [-0.39, 0.29) is 10.7 Å². The second-order valence-corrected chi connectivity index (χ2v) is 7.56. The van der Waals surface area contributed by atoms with Crippen LogP contribution in [0.4, 0.5) is 0 Å². The van der Waals surface area contributed by atoms with Gasteiger partial charge in [-0.2, -0.15) is 4.31 Å². The van der Waals surface area contributed by atoms with Crippen molar-refractivity contribution in [2.24, 2.45) is 0 Å². The molecule has 1 atom stereocenters. The average molecular weight is 329 g/mol. The summed E-state index contributed by atoms with van der Waals surface area (Å²) in [7, 11) is -3.65. The molecule has 1 heterocycles. The molecular weight excluding hydrogens is 310 g/mol. The van der Waals surface area contributed by atoms with Gasteiger partial charge < -0.3 is 0 Å². The van der Waals surface area contributed by atoms with Gasteiger partial charge in [0.15, 0.2) is 5.78 Å². The third kappa shape index (κ3) is 3.21. The Balaban J connectivity index is 1.95. The van der Waals surface area contributed by atoms with Crippen LogP contribution in [0, 0.1) is 0 Å². The first-order valence-corrected chi connectivity index (χ1v) is 9.21. The third-order valence-corrected chi connectivity index (χ3v) is 6.09. The largest absolute Gasteiger partial charge is 0.292 e. The summed E-state index contributed by atoms with van der Waals surface area (Å²) in [6.07, 6.45) is 2.22. The smallest absolute Gasteiger partial charge is 0.243 e. The Morgan fingerprint density at radius 1 is 0.913 bits per heavy atom. The van der Waals surface area contributed by atoms with Crippen molar-refractivity contribution in [1.29, 1.82) is 0 Å². The van der Waals surface area contributed by atoms with Crippen LogP contribution in [0.1, 0.15) is 29.6 Å². The molecule has 0 N–H and O–H groups in total. The Morgan fingerprint density at radius 3 is 2.17 bits per heavy atom. The van der Waals surface area contributed by atoms with Crippen molar-refractivity contribution >= 4 is 15.8 Å². The van der Waals surface area contributed by atoms with Gasteiger partial charge in [-0.15, -0.1) is 0 Å². The van der Waals surface area contributed by atoms with Crippen LogP contribution in [0.25, 0.3) is 0 Å². The van der Waals surface area contributed by atoms with Crippen LogP contribution >= 0.6 is 0 Å². The second kappa shape index (κ2) is 6.64. The molecule has 23 heavy (non-hydrogen) atoms. The zero-order valence-electron chi connectivity index (χ0n) is 12.8. The first kappa shape index (κ1) is 15.9. The van der Waals surface area contributed by atoms with E-state index in [0.717, 1.165) is 12.8 Å². The highest BCUT2D eigenvalue weighted by atomic mass is 32.2. The van der Waals surface area contributed by atoms with Crippen molar-refractivity contribution < 1.29 is 13.2 Å². The molecule has 1 saturated heterocycles. The van der Waals surface area contributed by atoms with E-state index in [4.69, 9.17) is 0 Å². The Kier molecular flexibility index (Phi) is 4.59. The minimum absolute atomic E-state index is 0.121. The van der Waals surface area contributed by atoms with Gasteiger partial charge in [-0.3, -0.25) is 4.79 Å². The maximum atomic E-state index is 12.9. The fourth-order valence-corrected chi connectivity index (χ4v) is 4.65. The standard InChI is InChI=1S/C18H19NO3S/c20-18(15-9-3-1-4-10-15)17-13-7-8-14-19(17)23(21,22)16-11-5-2-6-12-16/h1-6,9-12,17H,7-8,13-14H2/t17-/m0/s1. The highest BCUT2D eigenvalue weighted by Crippen LogP contribution is 2.27. The van der Waals surface area contributed by atoms with E-state index >= 15 is 0 Å². The van der Waals surface area contributed by atoms with Gasteiger partial charge in [0.2, 0.25) is 10.0 Å². The van der Waals surface area contributed by atoms with Crippen molar-refractivity contribution in [3.8, 4) is 0 Å². The summed E-state index contributed by atoms with van der Waals surface area (Å²) < 4.78 is 27.2. The van der Waals surface area contributed by atoms with Crippen LogP contribution in [0.3, 0.4) is 0 Å². The van der Waals surface area contributed by atoms with Gasteiger partial charge in [-0.05, 0) is 25.0 Å². The van der Waals surface area contributed by atoms with Crippen LogP contribution < -0.4 is 0 Å². The predicted molar refractivity (Wildman–Crippen MR) is 88.7 cm³/mol. The molecule has 0 unspecified atom stereocenters. The molecule has 0 spiro atoms. The lowest BCUT2D eigenvalue weighted by Gasteiger charge is -2.33. The van der Waals surface area contributed by atoms with Crippen LogP contribution in [0.2, 0.25) is 0 Å². The first-order valence-electron chi connectivity index (χ1n) is 7.77. The molecule has 2 aromatic carbocycles. The summed E-state index contributed by atoms with van der Waals surface area (Å²) >= 11 is 0.